The molecular weight excluding hydrogens is 376 g/mol. The first kappa shape index (κ1) is 26.3. The Bertz CT molecular complexity index is 415. The molecule has 0 rings (SSSR count). The van der Waals surface area contributed by atoms with Crippen molar-refractivity contribution in [2.75, 3.05) is 39.1 Å². The Kier molecular flexibility index (Phi) is 15.4. The molecule has 0 aliphatic rings. The first-order chi connectivity index (χ1) is 12.4. The summed E-state index contributed by atoms with van der Waals surface area (Å²) in [6.07, 6.45) is 4.48. The van der Waals surface area contributed by atoms with Crippen LogP contribution in [0.2, 0.25) is 0 Å². The lowest BCUT2D eigenvalue weighted by molar-refractivity contribution is 0.204. The summed E-state index contributed by atoms with van der Waals surface area (Å²) in [5.41, 5.74) is 0. The highest BCUT2D eigenvalue weighted by Crippen LogP contribution is 2.53. The van der Waals surface area contributed by atoms with E-state index < -0.39 is 15.2 Å². The lowest BCUT2D eigenvalue weighted by atomic mass is 10.2. The number of hydrogen-bond donors (Lipinski definition) is 1. The van der Waals surface area contributed by atoms with Gasteiger partial charge < -0.3 is 23.4 Å². The van der Waals surface area contributed by atoms with E-state index in [-0.39, 0.29) is 5.78 Å². The molecule has 0 amide bonds. The highest BCUT2D eigenvalue weighted by molar-refractivity contribution is 7.54. The van der Waals surface area contributed by atoms with Crippen molar-refractivity contribution in [2.24, 2.45) is 0 Å². The summed E-state index contributed by atoms with van der Waals surface area (Å²) in [7, 11) is -6.15. The van der Waals surface area contributed by atoms with E-state index in [1.54, 1.807) is 0 Å². The zero-order chi connectivity index (χ0) is 19.9. The van der Waals surface area contributed by atoms with Crippen LogP contribution in [-0.4, -0.2) is 44.9 Å². The second-order valence-corrected chi connectivity index (χ2v) is 10.3. The molecule has 1 unspecified atom stereocenters. The minimum Gasteiger partial charge on any atom is -0.309 e. The fourth-order valence-electron chi connectivity index (χ4n) is 2.64. The largest absolute Gasteiger partial charge is 0.347 e. The topological polar surface area (TPSA) is 83.1 Å². The second kappa shape index (κ2) is 15.2. The molecule has 0 radical (unpaired) electrons. The Hall–Kier alpha value is 0.260. The van der Waals surface area contributed by atoms with Gasteiger partial charge in [-0.2, -0.15) is 0 Å². The number of nitrogens with one attached hydrogen (secondary N) is 1. The van der Waals surface area contributed by atoms with Crippen LogP contribution in [0, 0.1) is 0 Å². The Balaban J connectivity index is 4.57. The third kappa shape index (κ3) is 10.6. The van der Waals surface area contributed by atoms with Crippen LogP contribution in [0.25, 0.3) is 0 Å². The van der Waals surface area contributed by atoms with Crippen molar-refractivity contribution < 1.29 is 27.2 Å². The van der Waals surface area contributed by atoms with Crippen molar-refractivity contribution in [3.05, 3.63) is 0 Å². The summed E-state index contributed by atoms with van der Waals surface area (Å²) in [5.74, 6) is -0.312. The van der Waals surface area contributed by atoms with Gasteiger partial charge in [0.25, 0.3) is 0 Å². The van der Waals surface area contributed by atoms with Crippen LogP contribution in [0.5, 0.6) is 0 Å². The fourth-order valence-corrected chi connectivity index (χ4v) is 6.38. The van der Waals surface area contributed by atoms with E-state index in [9.17, 15) is 9.13 Å². The SMILES string of the molecule is CCCNC(CCCCCP(=O)(OCC)OCC)P(=O)(OCC)OCC. The van der Waals surface area contributed by atoms with Gasteiger partial charge >= 0.3 is 15.2 Å². The van der Waals surface area contributed by atoms with Crippen LogP contribution < -0.4 is 5.32 Å². The van der Waals surface area contributed by atoms with Crippen molar-refractivity contribution in [3.63, 3.8) is 0 Å². The first-order valence-corrected chi connectivity index (χ1v) is 13.3. The molecule has 0 bridgehead atoms. The summed E-state index contributed by atoms with van der Waals surface area (Å²) in [6, 6.07) is 0. The van der Waals surface area contributed by atoms with Crippen molar-refractivity contribution in [1.29, 1.82) is 0 Å². The van der Waals surface area contributed by atoms with Gasteiger partial charge in [-0.15, -0.1) is 0 Å². The lowest BCUT2D eigenvalue weighted by Gasteiger charge is -2.27. The van der Waals surface area contributed by atoms with Crippen LogP contribution in [0.3, 0.4) is 0 Å². The molecule has 7 nitrogen and oxygen atoms in total. The van der Waals surface area contributed by atoms with Crippen molar-refractivity contribution in [2.45, 2.75) is 72.5 Å². The Labute approximate surface area is 160 Å². The molecule has 0 aliphatic carbocycles. The van der Waals surface area contributed by atoms with E-state index in [1.165, 1.54) is 0 Å². The third-order valence-electron chi connectivity index (χ3n) is 3.69. The van der Waals surface area contributed by atoms with Gasteiger partial charge in [-0.1, -0.05) is 19.8 Å². The van der Waals surface area contributed by atoms with Crippen molar-refractivity contribution in [3.8, 4) is 0 Å². The van der Waals surface area contributed by atoms with Gasteiger partial charge in [0.1, 0.15) is 5.78 Å². The average molecular weight is 415 g/mol. The molecule has 9 heteroatoms. The van der Waals surface area contributed by atoms with Gasteiger partial charge in [0.2, 0.25) is 0 Å². The van der Waals surface area contributed by atoms with Crippen LogP contribution in [-0.2, 0) is 27.2 Å². The normalized spacial score (nSPS) is 13.9. The summed E-state index contributed by atoms with van der Waals surface area (Å²) in [6.45, 7) is 11.6. The molecule has 158 valence electrons. The van der Waals surface area contributed by atoms with E-state index in [2.05, 4.69) is 12.2 Å². The van der Waals surface area contributed by atoms with Gasteiger partial charge in [0.05, 0.1) is 32.6 Å². The predicted molar refractivity (Wildman–Crippen MR) is 107 cm³/mol. The number of unbranched alkanes of at least 4 members (excludes halogenated alkanes) is 2. The average Bonchev–Trinajstić information content (AvgIpc) is 2.58. The minimum atomic E-state index is -3.18. The Morgan fingerprint density at radius 3 is 1.77 bits per heavy atom. The molecule has 0 aromatic rings. The second-order valence-electron chi connectivity index (χ2n) is 5.86. The van der Waals surface area contributed by atoms with E-state index in [4.69, 9.17) is 18.1 Å². The predicted octanol–water partition coefficient (Wildman–Crippen LogP) is 5.40. The van der Waals surface area contributed by atoms with Gasteiger partial charge in [-0.25, -0.2) is 0 Å². The maximum atomic E-state index is 13.0. The number of hydrogen-bond acceptors (Lipinski definition) is 7. The van der Waals surface area contributed by atoms with Gasteiger partial charge in [0, 0.05) is 0 Å². The van der Waals surface area contributed by atoms with Gasteiger partial charge in [-0.3, -0.25) is 9.13 Å². The monoisotopic (exact) mass is 415 g/mol. The Morgan fingerprint density at radius 2 is 1.31 bits per heavy atom. The molecule has 0 fully saturated rings. The lowest BCUT2D eigenvalue weighted by Crippen LogP contribution is -2.31. The zero-order valence-electron chi connectivity index (χ0n) is 17.2. The summed E-state index contributed by atoms with van der Waals surface area (Å²) < 4.78 is 47.1. The van der Waals surface area contributed by atoms with Crippen LogP contribution in [0.4, 0.5) is 0 Å². The van der Waals surface area contributed by atoms with E-state index in [0.717, 1.165) is 32.2 Å². The summed E-state index contributed by atoms with van der Waals surface area (Å²) in [4.78, 5) is 0. The maximum absolute atomic E-state index is 13.0. The molecule has 1 N–H and O–H groups in total. The van der Waals surface area contributed by atoms with Gasteiger partial charge in [-0.05, 0) is 53.5 Å². The molecule has 0 heterocycles. The smallest absolute Gasteiger partial charge is 0.309 e. The maximum Gasteiger partial charge on any atom is 0.347 e. The molecule has 0 saturated carbocycles. The van der Waals surface area contributed by atoms with Crippen LogP contribution >= 0.6 is 15.2 Å². The van der Waals surface area contributed by atoms with Crippen molar-refractivity contribution in [1.82, 2.24) is 5.32 Å². The highest BCUT2D eigenvalue weighted by atomic mass is 31.2. The third-order valence-corrected chi connectivity index (χ3v) is 8.30. The Morgan fingerprint density at radius 1 is 0.769 bits per heavy atom. The molecule has 0 aliphatic heterocycles. The van der Waals surface area contributed by atoms with E-state index in [0.29, 0.717) is 39.0 Å². The molecule has 1 atom stereocenters. The summed E-state index contributed by atoms with van der Waals surface area (Å²) in [5, 5.41) is 3.31. The first-order valence-electron chi connectivity index (χ1n) is 9.91. The molecular formula is C17H39NO6P2. The standard InChI is InChI=1S/C17H39NO6P2/c1-6-15-18-17(26(20,23-9-4)24-10-5)14-12-11-13-16-25(19,21-7-2)22-8-3/h17-18H,6-16H2,1-5H3. The quantitative estimate of drug-likeness (QED) is 0.237. The fraction of sp³-hybridized carbons (Fsp3) is 1.00. The summed E-state index contributed by atoms with van der Waals surface area (Å²) >= 11 is 0. The minimum absolute atomic E-state index is 0.312. The molecule has 0 aromatic heterocycles. The highest BCUT2D eigenvalue weighted by Gasteiger charge is 2.34. The van der Waals surface area contributed by atoms with Crippen LogP contribution in [0.1, 0.15) is 66.7 Å². The number of rotatable bonds is 18. The van der Waals surface area contributed by atoms with E-state index >= 15 is 0 Å². The van der Waals surface area contributed by atoms with Crippen LogP contribution in [0.15, 0.2) is 0 Å². The van der Waals surface area contributed by atoms with Crippen molar-refractivity contribution >= 4 is 15.2 Å². The van der Waals surface area contributed by atoms with E-state index in [1.807, 2.05) is 27.7 Å². The molecule has 0 saturated heterocycles. The zero-order valence-corrected chi connectivity index (χ0v) is 19.0. The molecule has 0 aromatic carbocycles. The molecule has 26 heavy (non-hydrogen) atoms. The van der Waals surface area contributed by atoms with Gasteiger partial charge in [0.15, 0.2) is 0 Å². The molecule has 0 spiro atoms.